The number of halogens is 2. The average molecular weight is 418 g/mol. The minimum Gasteiger partial charge on any atom is -0.367 e. The molecule has 0 radical (unpaired) electrons. The monoisotopic (exact) mass is 417 g/mol. The Labute approximate surface area is 147 Å². The van der Waals surface area contributed by atoms with E-state index in [0.29, 0.717) is 0 Å². The molecule has 0 amide bonds. The van der Waals surface area contributed by atoms with E-state index in [1.165, 1.54) is 14.7 Å². The first-order valence-electron chi connectivity index (χ1n) is 6.73. The van der Waals surface area contributed by atoms with E-state index in [4.69, 9.17) is 4.74 Å². The zero-order chi connectivity index (χ0) is 14.4. The van der Waals surface area contributed by atoms with Gasteiger partial charge in [0.25, 0.3) is 0 Å². The van der Waals surface area contributed by atoms with Crippen LogP contribution in [0, 0.1) is 3.57 Å². The Morgan fingerprint density at radius 1 is 0.952 bits per heavy atom. The molecular formula is C17H21ClINO. The van der Waals surface area contributed by atoms with Crippen LogP contribution in [0.2, 0.25) is 0 Å². The first kappa shape index (κ1) is 18.4. The highest BCUT2D eigenvalue weighted by Crippen LogP contribution is 2.26. The van der Waals surface area contributed by atoms with Crippen LogP contribution in [0.25, 0.3) is 0 Å². The Hall–Kier alpha value is -0.620. The second-order valence-corrected chi connectivity index (χ2v) is 6.26. The molecule has 0 saturated heterocycles. The summed E-state index contributed by atoms with van der Waals surface area (Å²) in [6.45, 7) is 1.65. The molecule has 2 nitrogen and oxygen atoms in total. The molecule has 21 heavy (non-hydrogen) atoms. The fourth-order valence-corrected chi connectivity index (χ4v) is 2.36. The lowest BCUT2D eigenvalue weighted by atomic mass is 10.0. The van der Waals surface area contributed by atoms with E-state index in [-0.39, 0.29) is 18.5 Å². The second-order valence-electron chi connectivity index (χ2n) is 5.02. The third-order valence-corrected chi connectivity index (χ3v) is 3.82. The molecule has 1 unspecified atom stereocenters. The van der Waals surface area contributed by atoms with Gasteiger partial charge in [-0.1, -0.05) is 42.5 Å². The number of ether oxygens (including phenoxy) is 1. The molecule has 0 aliphatic rings. The molecular weight excluding hydrogens is 397 g/mol. The Morgan fingerprint density at radius 3 is 2.10 bits per heavy atom. The summed E-state index contributed by atoms with van der Waals surface area (Å²) in [6.07, 6.45) is 0.00755. The molecule has 2 aromatic rings. The topological polar surface area (TPSA) is 12.5 Å². The van der Waals surface area contributed by atoms with Crippen LogP contribution in [0.1, 0.15) is 17.2 Å². The summed E-state index contributed by atoms with van der Waals surface area (Å²) in [5, 5.41) is 0. The first-order chi connectivity index (χ1) is 9.66. The van der Waals surface area contributed by atoms with Gasteiger partial charge in [-0.3, -0.25) is 0 Å². The maximum Gasteiger partial charge on any atom is 0.108 e. The zero-order valence-corrected chi connectivity index (χ0v) is 15.3. The molecule has 0 saturated carbocycles. The summed E-state index contributed by atoms with van der Waals surface area (Å²) in [5.74, 6) is 0. The minimum absolute atomic E-state index is 0. The van der Waals surface area contributed by atoms with E-state index in [2.05, 4.69) is 90.1 Å². The Balaban J connectivity index is 0.00000220. The van der Waals surface area contributed by atoms with Gasteiger partial charge in [0.05, 0.1) is 6.61 Å². The highest BCUT2D eigenvalue weighted by molar-refractivity contribution is 14.1. The molecule has 2 rings (SSSR count). The molecule has 0 aliphatic heterocycles. The lowest BCUT2D eigenvalue weighted by molar-refractivity contribution is 0.0687. The molecule has 2 aromatic carbocycles. The summed E-state index contributed by atoms with van der Waals surface area (Å²) in [7, 11) is 4.12. The third-order valence-electron chi connectivity index (χ3n) is 3.10. The van der Waals surface area contributed by atoms with Gasteiger partial charge in [0.15, 0.2) is 0 Å². The number of hydrogen-bond donors (Lipinski definition) is 0. The lowest BCUT2D eigenvalue weighted by Gasteiger charge is -2.20. The van der Waals surface area contributed by atoms with Crippen LogP contribution >= 0.6 is 35.0 Å². The molecule has 1 atom stereocenters. The van der Waals surface area contributed by atoms with Crippen molar-refractivity contribution >= 4 is 35.0 Å². The van der Waals surface area contributed by atoms with Crippen LogP contribution in [0.15, 0.2) is 54.6 Å². The van der Waals surface area contributed by atoms with Crippen LogP contribution in [-0.4, -0.2) is 32.1 Å². The highest BCUT2D eigenvalue weighted by atomic mass is 127. The lowest BCUT2D eigenvalue weighted by Crippen LogP contribution is -2.20. The molecule has 0 fully saturated rings. The van der Waals surface area contributed by atoms with Crippen LogP contribution in [-0.2, 0) is 4.74 Å². The smallest absolute Gasteiger partial charge is 0.108 e. The average Bonchev–Trinajstić information content (AvgIpc) is 2.46. The van der Waals surface area contributed by atoms with Gasteiger partial charge in [-0.2, -0.15) is 0 Å². The predicted molar refractivity (Wildman–Crippen MR) is 99.2 cm³/mol. The van der Waals surface area contributed by atoms with Crippen molar-refractivity contribution < 1.29 is 4.74 Å². The van der Waals surface area contributed by atoms with Gasteiger partial charge in [-0.15, -0.1) is 12.4 Å². The van der Waals surface area contributed by atoms with E-state index in [9.17, 15) is 0 Å². The second kappa shape index (κ2) is 9.41. The van der Waals surface area contributed by atoms with Gasteiger partial charge >= 0.3 is 0 Å². The standard InChI is InChI=1S/C17H20INO.ClH/c1-19(2)12-13-20-17(14-6-4-3-5-7-14)15-8-10-16(18)11-9-15;/h3-11,17H,12-13H2,1-2H3;1H. The van der Waals surface area contributed by atoms with Crippen LogP contribution < -0.4 is 0 Å². The minimum atomic E-state index is 0. The Kier molecular flexibility index (Phi) is 8.26. The van der Waals surface area contributed by atoms with Gasteiger partial charge in [0.2, 0.25) is 0 Å². The van der Waals surface area contributed by atoms with Gasteiger partial charge in [0, 0.05) is 10.1 Å². The number of hydrogen-bond acceptors (Lipinski definition) is 2. The Bertz CT molecular complexity index is 516. The summed E-state index contributed by atoms with van der Waals surface area (Å²) in [6, 6.07) is 19.0. The summed E-state index contributed by atoms with van der Waals surface area (Å²) in [4.78, 5) is 2.13. The van der Waals surface area contributed by atoms with Crippen molar-refractivity contribution in [2.24, 2.45) is 0 Å². The van der Waals surface area contributed by atoms with E-state index in [0.717, 1.165) is 13.2 Å². The molecule has 0 heterocycles. The summed E-state index contributed by atoms with van der Waals surface area (Å²) < 4.78 is 7.36. The van der Waals surface area contributed by atoms with Crippen molar-refractivity contribution in [2.75, 3.05) is 27.2 Å². The van der Waals surface area contributed by atoms with Crippen molar-refractivity contribution in [3.63, 3.8) is 0 Å². The highest BCUT2D eigenvalue weighted by Gasteiger charge is 2.14. The summed E-state index contributed by atoms with van der Waals surface area (Å²) in [5.41, 5.74) is 2.41. The molecule has 0 bridgehead atoms. The van der Waals surface area contributed by atoms with Gasteiger partial charge in [-0.05, 0) is 59.9 Å². The number of likely N-dealkylation sites (N-methyl/N-ethyl adjacent to an activating group) is 1. The van der Waals surface area contributed by atoms with Gasteiger partial charge < -0.3 is 9.64 Å². The molecule has 114 valence electrons. The largest absolute Gasteiger partial charge is 0.367 e. The van der Waals surface area contributed by atoms with Crippen molar-refractivity contribution in [1.82, 2.24) is 4.90 Å². The van der Waals surface area contributed by atoms with Crippen molar-refractivity contribution in [2.45, 2.75) is 6.10 Å². The molecule has 4 heteroatoms. The maximum atomic E-state index is 6.12. The number of benzene rings is 2. The summed E-state index contributed by atoms with van der Waals surface area (Å²) >= 11 is 2.32. The molecule has 0 N–H and O–H groups in total. The zero-order valence-electron chi connectivity index (χ0n) is 12.3. The van der Waals surface area contributed by atoms with E-state index < -0.39 is 0 Å². The van der Waals surface area contributed by atoms with E-state index in [1.807, 2.05) is 6.07 Å². The first-order valence-corrected chi connectivity index (χ1v) is 7.81. The normalized spacial score (nSPS) is 12.0. The van der Waals surface area contributed by atoms with E-state index in [1.54, 1.807) is 0 Å². The fourth-order valence-electron chi connectivity index (χ4n) is 2.00. The third kappa shape index (κ3) is 5.94. The van der Waals surface area contributed by atoms with Crippen LogP contribution in [0.4, 0.5) is 0 Å². The van der Waals surface area contributed by atoms with Gasteiger partial charge in [0.1, 0.15) is 6.10 Å². The van der Waals surface area contributed by atoms with Gasteiger partial charge in [-0.25, -0.2) is 0 Å². The van der Waals surface area contributed by atoms with Crippen LogP contribution in [0.3, 0.4) is 0 Å². The molecule has 0 aliphatic carbocycles. The number of nitrogens with zero attached hydrogens (tertiary/aromatic N) is 1. The van der Waals surface area contributed by atoms with Crippen molar-refractivity contribution in [1.29, 1.82) is 0 Å². The van der Waals surface area contributed by atoms with Crippen molar-refractivity contribution in [3.05, 3.63) is 69.3 Å². The fraction of sp³-hybridized carbons (Fsp3) is 0.294. The Morgan fingerprint density at radius 2 is 1.52 bits per heavy atom. The maximum absolute atomic E-state index is 6.12. The quantitative estimate of drug-likeness (QED) is 0.647. The molecule has 0 aromatic heterocycles. The predicted octanol–water partition coefficient (Wildman–Crippen LogP) is 4.38. The van der Waals surface area contributed by atoms with E-state index >= 15 is 0 Å². The number of rotatable bonds is 6. The van der Waals surface area contributed by atoms with Crippen LogP contribution in [0.5, 0.6) is 0 Å². The SMILES string of the molecule is CN(C)CCOC(c1ccccc1)c1ccc(I)cc1.Cl. The van der Waals surface area contributed by atoms with Crippen molar-refractivity contribution in [3.8, 4) is 0 Å². The molecule has 0 spiro atoms.